The number of nitrogens with one attached hydrogen (secondary N) is 1. The largest absolute Gasteiger partial charge is 0.394 e. The van der Waals surface area contributed by atoms with Gasteiger partial charge in [0, 0.05) is 35.1 Å². The van der Waals surface area contributed by atoms with Crippen LogP contribution in [0.3, 0.4) is 0 Å². The van der Waals surface area contributed by atoms with Crippen molar-refractivity contribution in [3.8, 4) is 11.3 Å². The molecule has 0 amide bonds. The minimum atomic E-state index is -0.161. The molecule has 0 radical (unpaired) electrons. The van der Waals surface area contributed by atoms with E-state index in [-0.39, 0.29) is 24.2 Å². The maximum absolute atomic E-state index is 12.8. The van der Waals surface area contributed by atoms with Gasteiger partial charge in [-0.05, 0) is 43.2 Å². The lowest BCUT2D eigenvalue weighted by molar-refractivity contribution is 0.281. The second-order valence-electron chi connectivity index (χ2n) is 6.63. The minimum Gasteiger partial charge on any atom is -0.394 e. The van der Waals surface area contributed by atoms with Gasteiger partial charge in [-0.25, -0.2) is 9.97 Å². The van der Waals surface area contributed by atoms with Crippen LogP contribution in [0.1, 0.15) is 31.9 Å². The average Bonchev–Trinajstić information content (AvgIpc) is 2.70. The number of aliphatic hydroxyl groups excluding tert-OH is 1. The van der Waals surface area contributed by atoms with Gasteiger partial charge in [-0.3, -0.25) is 4.79 Å². The first-order valence-electron chi connectivity index (χ1n) is 9.20. The zero-order chi connectivity index (χ0) is 20.1. The van der Waals surface area contributed by atoms with Gasteiger partial charge in [-0.2, -0.15) is 0 Å². The van der Waals surface area contributed by atoms with E-state index in [2.05, 4.69) is 15.3 Å². The molecule has 0 aliphatic rings. The van der Waals surface area contributed by atoms with Crippen molar-refractivity contribution in [3.05, 3.63) is 75.8 Å². The fraction of sp³-hybridized carbons (Fsp3) is 0.286. The molecular formula is C21H23ClN4O2. The molecule has 0 aliphatic carbocycles. The lowest BCUT2D eigenvalue weighted by atomic mass is 10.0. The zero-order valence-electron chi connectivity index (χ0n) is 15.8. The van der Waals surface area contributed by atoms with E-state index in [1.807, 2.05) is 44.2 Å². The molecule has 2 aromatic heterocycles. The van der Waals surface area contributed by atoms with E-state index in [0.717, 1.165) is 12.0 Å². The van der Waals surface area contributed by atoms with Crippen molar-refractivity contribution in [2.24, 2.45) is 0 Å². The van der Waals surface area contributed by atoms with E-state index >= 15 is 0 Å². The molecule has 1 aromatic carbocycles. The minimum absolute atomic E-state index is 0.0223. The Labute approximate surface area is 168 Å². The monoisotopic (exact) mass is 398 g/mol. The fourth-order valence-electron chi connectivity index (χ4n) is 3.07. The van der Waals surface area contributed by atoms with E-state index in [1.165, 1.54) is 0 Å². The van der Waals surface area contributed by atoms with Crippen LogP contribution in [0.25, 0.3) is 11.3 Å². The lowest BCUT2D eigenvalue weighted by Gasteiger charge is -2.19. The highest BCUT2D eigenvalue weighted by molar-refractivity contribution is 6.30. The highest BCUT2D eigenvalue weighted by Crippen LogP contribution is 2.24. The molecule has 2 heterocycles. The third-order valence-electron chi connectivity index (χ3n) is 4.50. The number of halogens is 1. The Morgan fingerprint density at radius 2 is 2.07 bits per heavy atom. The van der Waals surface area contributed by atoms with Crippen LogP contribution < -0.4 is 10.9 Å². The number of hydrogen-bond donors (Lipinski definition) is 2. The van der Waals surface area contributed by atoms with Gasteiger partial charge in [0.1, 0.15) is 0 Å². The van der Waals surface area contributed by atoms with Gasteiger partial charge in [0.05, 0.1) is 18.3 Å². The third kappa shape index (κ3) is 4.58. The number of nitrogens with zero attached hydrogens (tertiary/aromatic N) is 3. The maximum Gasteiger partial charge on any atom is 0.251 e. The fourth-order valence-corrected chi connectivity index (χ4v) is 3.27. The van der Waals surface area contributed by atoms with Gasteiger partial charge in [-0.1, -0.05) is 30.7 Å². The Hall–Kier alpha value is -2.70. The van der Waals surface area contributed by atoms with Crippen LogP contribution in [-0.2, 0) is 0 Å². The molecule has 0 saturated heterocycles. The molecule has 0 spiro atoms. The Morgan fingerprint density at radius 3 is 2.75 bits per heavy atom. The summed E-state index contributed by atoms with van der Waals surface area (Å²) in [7, 11) is 0. The number of rotatable bonds is 7. The lowest BCUT2D eigenvalue weighted by Crippen LogP contribution is -2.24. The highest BCUT2D eigenvalue weighted by Gasteiger charge is 2.14. The van der Waals surface area contributed by atoms with Crippen LogP contribution in [0, 0.1) is 0 Å². The second-order valence-corrected chi connectivity index (χ2v) is 7.07. The highest BCUT2D eigenvalue weighted by atomic mass is 35.5. The summed E-state index contributed by atoms with van der Waals surface area (Å²) in [4.78, 5) is 21.4. The number of benzene rings is 1. The summed E-state index contributed by atoms with van der Waals surface area (Å²) in [5.74, 6) is 0.411. The van der Waals surface area contributed by atoms with E-state index in [0.29, 0.717) is 22.2 Å². The number of anilines is 1. The quantitative estimate of drug-likeness (QED) is 0.633. The molecule has 2 unspecified atom stereocenters. The van der Waals surface area contributed by atoms with Crippen molar-refractivity contribution in [1.29, 1.82) is 0 Å². The summed E-state index contributed by atoms with van der Waals surface area (Å²) in [5, 5.41) is 12.8. The molecule has 2 atom stereocenters. The Morgan fingerprint density at radius 1 is 1.25 bits per heavy atom. The SMILES string of the molecule is CCC(c1cccc(Cl)c1)n1ccc(-c2ccnc(NC(C)CO)n2)cc1=O. The molecule has 0 aliphatic heterocycles. The summed E-state index contributed by atoms with van der Waals surface area (Å²) < 4.78 is 1.71. The first-order chi connectivity index (χ1) is 13.5. The van der Waals surface area contributed by atoms with Crippen molar-refractivity contribution in [3.63, 3.8) is 0 Å². The molecule has 0 fully saturated rings. The second kappa shape index (κ2) is 8.99. The van der Waals surface area contributed by atoms with Crippen molar-refractivity contribution >= 4 is 17.5 Å². The van der Waals surface area contributed by atoms with Gasteiger partial charge in [0.15, 0.2) is 0 Å². The summed E-state index contributed by atoms with van der Waals surface area (Å²) in [6.45, 7) is 3.85. The van der Waals surface area contributed by atoms with Crippen molar-refractivity contribution < 1.29 is 5.11 Å². The van der Waals surface area contributed by atoms with Gasteiger partial charge in [0.25, 0.3) is 5.56 Å². The van der Waals surface area contributed by atoms with Gasteiger partial charge in [0.2, 0.25) is 5.95 Å². The van der Waals surface area contributed by atoms with Crippen molar-refractivity contribution in [2.75, 3.05) is 11.9 Å². The summed E-state index contributed by atoms with van der Waals surface area (Å²) in [5.41, 5.74) is 2.24. The average molecular weight is 399 g/mol. The number of aromatic nitrogens is 3. The first kappa shape index (κ1) is 20.0. The molecule has 3 rings (SSSR count). The molecule has 146 valence electrons. The maximum atomic E-state index is 12.8. The van der Waals surface area contributed by atoms with Gasteiger partial charge in [-0.15, -0.1) is 0 Å². The van der Waals surface area contributed by atoms with Crippen molar-refractivity contribution in [1.82, 2.24) is 14.5 Å². The third-order valence-corrected chi connectivity index (χ3v) is 4.74. The van der Waals surface area contributed by atoms with Gasteiger partial charge < -0.3 is 15.0 Å². The van der Waals surface area contributed by atoms with Gasteiger partial charge >= 0.3 is 0 Å². The van der Waals surface area contributed by atoms with E-state index in [9.17, 15) is 4.79 Å². The van der Waals surface area contributed by atoms with E-state index in [4.69, 9.17) is 16.7 Å². The Balaban J connectivity index is 1.92. The zero-order valence-corrected chi connectivity index (χ0v) is 16.6. The topological polar surface area (TPSA) is 80.0 Å². The summed E-state index contributed by atoms with van der Waals surface area (Å²) in [6, 6.07) is 12.5. The van der Waals surface area contributed by atoms with Crippen LogP contribution in [-0.4, -0.2) is 32.3 Å². The number of pyridine rings is 1. The Bertz CT molecular complexity index is 1010. The van der Waals surface area contributed by atoms with Crippen LogP contribution in [0.4, 0.5) is 5.95 Å². The number of aliphatic hydroxyl groups is 1. The molecular weight excluding hydrogens is 376 g/mol. The molecule has 7 heteroatoms. The number of hydrogen-bond acceptors (Lipinski definition) is 5. The molecule has 0 bridgehead atoms. The smallest absolute Gasteiger partial charge is 0.251 e. The van der Waals surface area contributed by atoms with Crippen molar-refractivity contribution in [2.45, 2.75) is 32.4 Å². The molecule has 3 aromatic rings. The first-order valence-corrected chi connectivity index (χ1v) is 9.58. The summed E-state index contributed by atoms with van der Waals surface area (Å²) >= 11 is 6.12. The molecule has 28 heavy (non-hydrogen) atoms. The van der Waals surface area contributed by atoms with Crippen LogP contribution in [0.2, 0.25) is 5.02 Å². The van der Waals surface area contributed by atoms with Crippen LogP contribution in [0.5, 0.6) is 0 Å². The van der Waals surface area contributed by atoms with Crippen LogP contribution in [0.15, 0.2) is 59.7 Å². The predicted octanol–water partition coefficient (Wildman–Crippen LogP) is 3.75. The molecule has 0 saturated carbocycles. The Kier molecular flexibility index (Phi) is 6.44. The van der Waals surface area contributed by atoms with E-state index < -0.39 is 0 Å². The molecule has 2 N–H and O–H groups in total. The predicted molar refractivity (Wildman–Crippen MR) is 112 cm³/mol. The van der Waals surface area contributed by atoms with E-state index in [1.54, 1.807) is 29.1 Å². The summed E-state index contributed by atoms with van der Waals surface area (Å²) in [6.07, 6.45) is 4.18. The molecule has 6 nitrogen and oxygen atoms in total. The normalized spacial score (nSPS) is 13.1. The standard InChI is InChI=1S/C21H23ClN4O2/c1-3-19(16-5-4-6-17(22)11-16)26-10-8-15(12-20(26)28)18-7-9-23-21(25-18)24-14(2)13-27/h4-12,14,19,27H,3,13H2,1-2H3,(H,23,24,25). The van der Waals surface area contributed by atoms with Crippen LogP contribution >= 0.6 is 11.6 Å².